The molecule has 4 heteroatoms. The zero-order chi connectivity index (χ0) is 8.10. The SMILES string of the molecule is O=C([Si])OCc1ccccc1.[Si]. The Balaban J connectivity index is 0.00000121. The van der Waals surface area contributed by atoms with E-state index in [1.807, 2.05) is 30.3 Å². The van der Waals surface area contributed by atoms with E-state index >= 15 is 0 Å². The molecule has 0 heterocycles. The van der Waals surface area contributed by atoms with Crippen LogP contribution in [0.3, 0.4) is 0 Å². The Labute approximate surface area is 79.4 Å². The average molecular weight is 191 g/mol. The highest BCUT2D eigenvalue weighted by atomic mass is 28.1. The smallest absolute Gasteiger partial charge is 0.264 e. The normalized spacial score (nSPS) is 8.42. The lowest BCUT2D eigenvalue weighted by Gasteiger charge is -2.00. The van der Waals surface area contributed by atoms with Crippen molar-refractivity contribution in [3.8, 4) is 0 Å². The second kappa shape index (κ2) is 5.73. The maximum absolute atomic E-state index is 10.3. The van der Waals surface area contributed by atoms with Gasteiger partial charge >= 0.3 is 0 Å². The molecule has 0 N–H and O–H groups in total. The predicted octanol–water partition coefficient (Wildman–Crippen LogP) is 1.11. The van der Waals surface area contributed by atoms with E-state index in [2.05, 4.69) is 10.2 Å². The zero-order valence-electron chi connectivity index (χ0n) is 6.41. The van der Waals surface area contributed by atoms with Crippen LogP contribution in [-0.4, -0.2) is 26.8 Å². The van der Waals surface area contributed by atoms with Gasteiger partial charge in [0.15, 0.2) is 10.2 Å². The van der Waals surface area contributed by atoms with Crippen LogP contribution < -0.4 is 0 Å². The first-order valence-corrected chi connectivity index (χ1v) is 3.71. The topological polar surface area (TPSA) is 26.3 Å². The molecule has 0 unspecified atom stereocenters. The van der Waals surface area contributed by atoms with Gasteiger partial charge in [0.2, 0.25) is 0 Å². The molecule has 0 bridgehead atoms. The summed E-state index contributed by atoms with van der Waals surface area (Å²) in [6, 6.07) is 9.51. The zero-order valence-corrected chi connectivity index (χ0v) is 8.41. The molecule has 0 fully saturated rings. The predicted molar refractivity (Wildman–Crippen MR) is 48.1 cm³/mol. The molecule has 0 saturated heterocycles. The molecule has 0 aliphatic rings. The second-order valence-electron chi connectivity index (χ2n) is 2.06. The molecule has 7 radical (unpaired) electrons. The van der Waals surface area contributed by atoms with Crippen molar-refractivity contribution in [1.29, 1.82) is 0 Å². The van der Waals surface area contributed by atoms with E-state index in [1.165, 1.54) is 0 Å². The summed E-state index contributed by atoms with van der Waals surface area (Å²) in [6.07, 6.45) is 0. The van der Waals surface area contributed by atoms with Crippen molar-refractivity contribution in [2.24, 2.45) is 0 Å². The number of ether oxygens (including phenoxy) is 1. The third-order valence-corrected chi connectivity index (χ3v) is 1.36. The lowest BCUT2D eigenvalue weighted by atomic mass is 10.2. The van der Waals surface area contributed by atoms with Crippen LogP contribution in [0.5, 0.6) is 0 Å². The molecule has 0 aromatic heterocycles. The van der Waals surface area contributed by atoms with Crippen molar-refractivity contribution in [2.75, 3.05) is 0 Å². The van der Waals surface area contributed by atoms with Gasteiger partial charge < -0.3 is 4.74 Å². The minimum Gasteiger partial charge on any atom is -0.466 e. The number of carbonyl (C=O) groups excluding carboxylic acids is 1. The van der Waals surface area contributed by atoms with E-state index in [4.69, 9.17) is 4.74 Å². The highest BCUT2D eigenvalue weighted by molar-refractivity contribution is 6.55. The minimum atomic E-state index is -0.436. The maximum Gasteiger partial charge on any atom is 0.264 e. The van der Waals surface area contributed by atoms with E-state index in [0.717, 1.165) is 5.56 Å². The Bertz CT molecular complexity index is 236. The highest BCUT2D eigenvalue weighted by Crippen LogP contribution is 1.99. The van der Waals surface area contributed by atoms with Gasteiger partial charge in [-0.15, -0.1) is 0 Å². The van der Waals surface area contributed by atoms with Gasteiger partial charge in [0.05, 0.1) is 0 Å². The molecule has 1 rings (SSSR count). The van der Waals surface area contributed by atoms with Gasteiger partial charge in [0.1, 0.15) is 6.61 Å². The van der Waals surface area contributed by atoms with Gasteiger partial charge in [-0.05, 0) is 5.56 Å². The first-order valence-electron chi connectivity index (χ1n) is 3.21. The van der Waals surface area contributed by atoms with Gasteiger partial charge in [-0.2, -0.15) is 0 Å². The van der Waals surface area contributed by atoms with Crippen LogP contribution in [0.15, 0.2) is 30.3 Å². The van der Waals surface area contributed by atoms with Gasteiger partial charge in [-0.25, -0.2) is 0 Å². The third kappa shape index (κ3) is 4.10. The third-order valence-electron chi connectivity index (χ3n) is 1.21. The van der Waals surface area contributed by atoms with Crippen LogP contribution in [0.1, 0.15) is 5.56 Å². The first kappa shape index (κ1) is 11.1. The van der Waals surface area contributed by atoms with Gasteiger partial charge in [0, 0.05) is 11.0 Å². The molecule has 59 valence electrons. The van der Waals surface area contributed by atoms with Crippen LogP contribution in [0.2, 0.25) is 0 Å². The highest BCUT2D eigenvalue weighted by Gasteiger charge is 1.93. The van der Waals surface area contributed by atoms with Crippen LogP contribution in [-0.2, 0) is 11.3 Å². The summed E-state index contributed by atoms with van der Waals surface area (Å²) in [5.41, 5.74) is 0.549. The Morgan fingerprint density at radius 3 is 2.42 bits per heavy atom. The molecule has 0 amide bonds. The quantitative estimate of drug-likeness (QED) is 0.655. The van der Waals surface area contributed by atoms with Gasteiger partial charge in [-0.1, -0.05) is 30.3 Å². The molecule has 2 nitrogen and oxygen atoms in total. The maximum atomic E-state index is 10.3. The summed E-state index contributed by atoms with van der Waals surface area (Å²) in [5.74, 6) is 0. The molecule has 0 aliphatic carbocycles. The number of rotatable bonds is 2. The minimum absolute atomic E-state index is 0. The monoisotopic (exact) mass is 191 g/mol. The molecule has 0 saturated carbocycles. The van der Waals surface area contributed by atoms with E-state index < -0.39 is 5.59 Å². The second-order valence-corrected chi connectivity index (χ2v) is 2.47. The molecule has 12 heavy (non-hydrogen) atoms. The summed E-state index contributed by atoms with van der Waals surface area (Å²) < 4.78 is 4.70. The molecular weight excluding hydrogens is 184 g/mol. The fourth-order valence-electron chi connectivity index (χ4n) is 0.723. The summed E-state index contributed by atoms with van der Waals surface area (Å²) in [7, 11) is 2.72. The lowest BCUT2D eigenvalue weighted by molar-refractivity contribution is 0.167. The summed E-state index contributed by atoms with van der Waals surface area (Å²) in [4.78, 5) is 10.3. The Morgan fingerprint density at radius 2 is 1.92 bits per heavy atom. The molecule has 1 aromatic carbocycles. The average Bonchev–Trinajstić information content (AvgIpc) is 2.03. The summed E-state index contributed by atoms with van der Waals surface area (Å²) in [6.45, 7) is 0.323. The molecule has 1 aromatic rings. The van der Waals surface area contributed by atoms with Crippen molar-refractivity contribution in [3.05, 3.63) is 35.9 Å². The van der Waals surface area contributed by atoms with Crippen LogP contribution in [0.4, 0.5) is 4.79 Å². The standard InChI is InChI=1S/C8H7O2Si.Si/c9-8(11)10-6-7-4-2-1-3-5-7;/h1-5H,6H2;. The summed E-state index contributed by atoms with van der Waals surface area (Å²) >= 11 is 0. The molecule has 0 atom stereocenters. The van der Waals surface area contributed by atoms with Crippen molar-refractivity contribution in [2.45, 2.75) is 6.61 Å². The van der Waals surface area contributed by atoms with E-state index in [-0.39, 0.29) is 11.0 Å². The van der Waals surface area contributed by atoms with E-state index in [0.29, 0.717) is 6.61 Å². The van der Waals surface area contributed by atoms with Crippen molar-refractivity contribution in [1.82, 2.24) is 0 Å². The molecular formula is C8H7O2Si2. The fraction of sp³-hybridized carbons (Fsp3) is 0.125. The van der Waals surface area contributed by atoms with Gasteiger partial charge in [-0.3, -0.25) is 4.79 Å². The fourth-order valence-corrected chi connectivity index (χ4v) is 0.795. The summed E-state index contributed by atoms with van der Waals surface area (Å²) in [5, 5.41) is 0. The van der Waals surface area contributed by atoms with Crippen molar-refractivity contribution in [3.63, 3.8) is 0 Å². The van der Waals surface area contributed by atoms with Crippen LogP contribution in [0.25, 0.3) is 0 Å². The van der Waals surface area contributed by atoms with Crippen molar-refractivity contribution >= 4 is 26.8 Å². The Kier molecular flexibility index (Phi) is 5.31. The lowest BCUT2D eigenvalue weighted by Crippen LogP contribution is -2.00. The van der Waals surface area contributed by atoms with Crippen LogP contribution in [0, 0.1) is 0 Å². The number of carbonyl (C=O) groups is 1. The number of benzene rings is 1. The van der Waals surface area contributed by atoms with Gasteiger partial charge in [0.25, 0.3) is 5.59 Å². The first-order chi connectivity index (χ1) is 5.29. The molecule has 0 aliphatic heterocycles. The Hall–Kier alpha value is -0.876. The van der Waals surface area contributed by atoms with Crippen LogP contribution >= 0.6 is 0 Å². The largest absolute Gasteiger partial charge is 0.466 e. The number of hydrogen-bond acceptors (Lipinski definition) is 2. The Morgan fingerprint density at radius 1 is 1.33 bits per heavy atom. The number of hydrogen-bond donors (Lipinski definition) is 0. The van der Waals surface area contributed by atoms with E-state index in [9.17, 15) is 4.79 Å². The van der Waals surface area contributed by atoms with E-state index in [1.54, 1.807) is 0 Å². The molecule has 0 spiro atoms. The van der Waals surface area contributed by atoms with Crippen molar-refractivity contribution < 1.29 is 9.53 Å².